The highest BCUT2D eigenvalue weighted by molar-refractivity contribution is 5.85. The number of nitrogens with one attached hydrogen (secondary N) is 2. The number of aliphatic hydroxyl groups excluding tert-OH is 2. The molecule has 0 radical (unpaired) electrons. The van der Waals surface area contributed by atoms with Gasteiger partial charge < -0.3 is 73.6 Å². The molecule has 3 rings (SSSR count). The highest BCUT2D eigenvalue weighted by atomic mass is 16.7. The van der Waals surface area contributed by atoms with Crippen LogP contribution in [0.4, 0.5) is 0 Å². The first kappa shape index (κ1) is 38.5. The molecule has 2 fully saturated rings. The van der Waals surface area contributed by atoms with Gasteiger partial charge in [-0.2, -0.15) is 0 Å². The van der Waals surface area contributed by atoms with Crippen LogP contribution in [0.5, 0.6) is 0 Å². The van der Waals surface area contributed by atoms with Gasteiger partial charge in [-0.15, -0.1) is 0 Å². The lowest BCUT2D eigenvalue weighted by Gasteiger charge is -2.49. The lowest BCUT2D eigenvalue weighted by molar-refractivity contribution is -0.304. The number of primary amides is 2. The van der Waals surface area contributed by atoms with Crippen LogP contribution in [0.15, 0.2) is 37.1 Å². The van der Waals surface area contributed by atoms with Gasteiger partial charge in [0.1, 0.15) is 35.8 Å². The van der Waals surface area contributed by atoms with Crippen molar-refractivity contribution in [1.29, 1.82) is 0 Å². The molecule has 0 spiro atoms. The molecular formula is C27H51N7O9. The SMILES string of the molecule is C=CC(N)=O.C=CC(N)=O.CCN[C@@H]1C[C@H](N)[C@@H](OC2OC(CN)=CCC2N)[C@H](O)[C@H]1O[C@H]1OC[C@](C)(O)[C@H](NC)[C@H]1O. The molecule has 15 N–H and O–H groups in total. The summed E-state index contributed by atoms with van der Waals surface area (Å²) in [7, 11) is 1.64. The molecule has 2 unspecified atom stereocenters. The molecule has 16 heteroatoms. The van der Waals surface area contributed by atoms with E-state index in [-0.39, 0.29) is 19.2 Å². The minimum atomic E-state index is -1.28. The summed E-state index contributed by atoms with van der Waals surface area (Å²) in [4.78, 5) is 18.9. The van der Waals surface area contributed by atoms with E-state index in [0.717, 1.165) is 12.2 Å². The largest absolute Gasteiger partial charge is 0.467 e. The standard InChI is InChI=1S/C21H41N5O7.2C3H5NO/c1-4-26-13-7-12(24)16(32-19-11(23)6-5-10(8-22)31-19)14(27)17(13)33-20-15(28)18(25-3)21(2,29)9-30-20;2*1-2-3(4)5/h5,11-20,25-29H,4,6-9,22-24H2,1-3H3;2*2H,1H2,(H2,4,5)/t11?,12-,13+,14-,15+,16+,17-,18+,19?,20+,21-;;/m0../s1. The van der Waals surface area contributed by atoms with Crippen molar-refractivity contribution in [2.75, 3.05) is 26.7 Å². The highest BCUT2D eigenvalue weighted by Gasteiger charge is 2.51. The fourth-order valence-corrected chi connectivity index (χ4v) is 4.86. The molecule has 2 aliphatic heterocycles. The van der Waals surface area contributed by atoms with E-state index in [1.807, 2.05) is 13.0 Å². The van der Waals surface area contributed by atoms with Crippen LogP contribution in [-0.4, -0.2) is 121 Å². The first-order valence-corrected chi connectivity index (χ1v) is 14.0. The molecule has 1 saturated heterocycles. The van der Waals surface area contributed by atoms with Gasteiger partial charge in [0.2, 0.25) is 18.1 Å². The molecule has 0 aromatic heterocycles. The summed E-state index contributed by atoms with van der Waals surface area (Å²) in [6.07, 6.45) is -0.942. The second-order valence-electron chi connectivity index (χ2n) is 10.5. The Morgan fingerprint density at radius 3 is 2.14 bits per heavy atom. The number of carbonyl (C=O) groups excluding carboxylic acids is 2. The third-order valence-electron chi connectivity index (χ3n) is 7.05. The van der Waals surface area contributed by atoms with E-state index in [1.54, 1.807) is 14.0 Å². The summed E-state index contributed by atoms with van der Waals surface area (Å²) < 4.78 is 23.6. The van der Waals surface area contributed by atoms with Crippen molar-refractivity contribution < 1.29 is 43.9 Å². The maximum atomic E-state index is 11.3. The van der Waals surface area contributed by atoms with Crippen molar-refractivity contribution in [2.24, 2.45) is 28.7 Å². The zero-order valence-corrected chi connectivity index (χ0v) is 25.1. The summed E-state index contributed by atoms with van der Waals surface area (Å²) in [6, 6.07) is -1.95. The number of amides is 2. The van der Waals surface area contributed by atoms with E-state index >= 15 is 0 Å². The average molecular weight is 618 g/mol. The Morgan fingerprint density at radius 2 is 1.65 bits per heavy atom. The van der Waals surface area contributed by atoms with Gasteiger partial charge in [-0.25, -0.2) is 0 Å². The zero-order valence-electron chi connectivity index (χ0n) is 25.1. The summed E-state index contributed by atoms with van der Waals surface area (Å²) >= 11 is 0. The van der Waals surface area contributed by atoms with Gasteiger partial charge in [-0.05, 0) is 51.6 Å². The van der Waals surface area contributed by atoms with Gasteiger partial charge in [0.25, 0.3) is 0 Å². The Bertz CT molecular complexity index is 920. The van der Waals surface area contributed by atoms with Crippen molar-refractivity contribution in [3.63, 3.8) is 0 Å². The Morgan fingerprint density at radius 1 is 1.09 bits per heavy atom. The van der Waals surface area contributed by atoms with E-state index in [9.17, 15) is 24.9 Å². The van der Waals surface area contributed by atoms with E-state index < -0.39 is 72.5 Å². The molecule has 0 aromatic rings. The number of carbonyl (C=O) groups is 2. The lowest BCUT2D eigenvalue weighted by Crippen LogP contribution is -2.69. The fourth-order valence-electron chi connectivity index (χ4n) is 4.86. The highest BCUT2D eigenvalue weighted by Crippen LogP contribution is 2.31. The van der Waals surface area contributed by atoms with Crippen molar-refractivity contribution in [2.45, 2.75) is 93.5 Å². The van der Waals surface area contributed by atoms with Gasteiger partial charge in [0.15, 0.2) is 6.29 Å². The van der Waals surface area contributed by atoms with Crippen LogP contribution < -0.4 is 39.3 Å². The Labute approximate surface area is 252 Å². The predicted molar refractivity (Wildman–Crippen MR) is 158 cm³/mol. The van der Waals surface area contributed by atoms with Crippen molar-refractivity contribution in [3.8, 4) is 0 Å². The Kier molecular flexibility index (Phi) is 16.5. The molecule has 248 valence electrons. The molecule has 0 aromatic carbocycles. The molecule has 0 bridgehead atoms. The summed E-state index contributed by atoms with van der Waals surface area (Å²) in [6.45, 7) is 10.5. The molecule has 11 atom stereocenters. The minimum absolute atomic E-state index is 0.0483. The van der Waals surface area contributed by atoms with E-state index in [2.05, 4.69) is 35.3 Å². The molecule has 1 saturated carbocycles. The molecule has 16 nitrogen and oxygen atoms in total. The monoisotopic (exact) mass is 617 g/mol. The smallest absolute Gasteiger partial charge is 0.240 e. The average Bonchev–Trinajstić information content (AvgIpc) is 2.95. The van der Waals surface area contributed by atoms with E-state index in [1.165, 1.54) is 0 Å². The third kappa shape index (κ3) is 11.5. The Hall–Kier alpha value is -2.48. The number of hydrogen-bond donors (Lipinski definition) is 10. The summed E-state index contributed by atoms with van der Waals surface area (Å²) in [5.74, 6) is -0.391. The number of ether oxygens (including phenoxy) is 4. The number of nitrogens with two attached hydrogens (primary N) is 5. The zero-order chi connectivity index (χ0) is 32.9. The van der Waals surface area contributed by atoms with E-state index in [0.29, 0.717) is 25.1 Å². The van der Waals surface area contributed by atoms with Crippen molar-refractivity contribution >= 4 is 11.8 Å². The van der Waals surface area contributed by atoms with Crippen LogP contribution in [0.1, 0.15) is 26.7 Å². The third-order valence-corrected chi connectivity index (χ3v) is 7.05. The van der Waals surface area contributed by atoms with Crippen LogP contribution in [0.25, 0.3) is 0 Å². The van der Waals surface area contributed by atoms with Crippen LogP contribution in [0.2, 0.25) is 0 Å². The van der Waals surface area contributed by atoms with Gasteiger partial charge in [-0.1, -0.05) is 20.1 Å². The molecule has 1 aliphatic carbocycles. The van der Waals surface area contributed by atoms with Crippen molar-refractivity contribution in [3.05, 3.63) is 37.1 Å². The second-order valence-corrected chi connectivity index (χ2v) is 10.5. The maximum absolute atomic E-state index is 11.3. The van der Waals surface area contributed by atoms with Crippen LogP contribution in [0.3, 0.4) is 0 Å². The van der Waals surface area contributed by atoms with Gasteiger partial charge in [0, 0.05) is 12.1 Å². The lowest BCUT2D eigenvalue weighted by atomic mass is 9.83. The van der Waals surface area contributed by atoms with Crippen LogP contribution in [0, 0.1) is 0 Å². The first-order chi connectivity index (χ1) is 20.2. The van der Waals surface area contributed by atoms with Crippen molar-refractivity contribution in [1.82, 2.24) is 10.6 Å². The van der Waals surface area contributed by atoms with Gasteiger partial charge in [-0.3, -0.25) is 9.59 Å². The Balaban J connectivity index is 0.000000798. The molecule has 2 heterocycles. The minimum Gasteiger partial charge on any atom is -0.467 e. The number of hydrogen-bond acceptors (Lipinski definition) is 14. The van der Waals surface area contributed by atoms with Gasteiger partial charge in [0.05, 0.1) is 25.2 Å². The predicted octanol–water partition coefficient (Wildman–Crippen LogP) is -3.89. The summed E-state index contributed by atoms with van der Waals surface area (Å²) in [5, 5.41) is 38.8. The quantitative estimate of drug-likeness (QED) is 0.105. The van der Waals surface area contributed by atoms with Gasteiger partial charge >= 0.3 is 0 Å². The van der Waals surface area contributed by atoms with E-state index in [4.69, 9.17) is 36.1 Å². The molecule has 43 heavy (non-hydrogen) atoms. The number of likely N-dealkylation sites (N-methyl/N-ethyl adjacent to an activating group) is 2. The molecule has 2 amide bonds. The van der Waals surface area contributed by atoms with Crippen LogP contribution >= 0.6 is 0 Å². The van der Waals surface area contributed by atoms with Crippen LogP contribution in [-0.2, 0) is 28.5 Å². The maximum Gasteiger partial charge on any atom is 0.240 e. The summed E-state index contributed by atoms with van der Waals surface area (Å²) in [5.41, 5.74) is 26.0. The second kappa shape index (κ2) is 18.4. The molecular weight excluding hydrogens is 566 g/mol. The number of rotatable bonds is 10. The first-order valence-electron chi connectivity index (χ1n) is 14.0. The normalized spacial score (nSPS) is 37.2. The fraction of sp³-hybridized carbons (Fsp3) is 0.704. The number of aliphatic hydroxyl groups is 3. The topological polar surface area (TPSA) is 286 Å². The molecule has 3 aliphatic rings.